The Balaban J connectivity index is 1.53. The van der Waals surface area contributed by atoms with E-state index >= 15 is 0 Å². The van der Waals surface area contributed by atoms with Crippen LogP contribution in [0.15, 0.2) is 48.6 Å². The Labute approximate surface area is 266 Å². The number of hydrogen-bond acceptors (Lipinski definition) is 7. The number of aryl methyl sites for hydroxylation is 1. The molecule has 1 aliphatic carbocycles. The van der Waals surface area contributed by atoms with E-state index < -0.39 is 27.3 Å². The number of allylic oxidation sites excluding steroid dienone is 1. The molecule has 5 rings (SSSR count). The first-order valence-corrected chi connectivity index (χ1v) is 17.7. The number of anilines is 1. The smallest absolute Gasteiger partial charge is 0.264 e. The molecule has 3 aliphatic rings. The molecule has 1 saturated carbocycles. The molecular weight excluding hydrogens is 600 g/mol. The van der Waals surface area contributed by atoms with Crippen molar-refractivity contribution in [2.45, 2.75) is 82.9 Å². The van der Waals surface area contributed by atoms with Gasteiger partial charge in [-0.25, -0.2) is 13.1 Å². The minimum absolute atomic E-state index is 0.116. The summed E-state index contributed by atoms with van der Waals surface area (Å²) < 4.78 is 41.4. The number of sulfonamides is 1. The number of ether oxygens (including phenoxy) is 2. The molecule has 0 unspecified atom stereocenters. The van der Waals surface area contributed by atoms with Crippen LogP contribution in [0.25, 0.3) is 0 Å². The number of aliphatic hydroxyl groups excluding tert-OH is 1. The number of methoxy groups -OCH3 is 1. The largest absolute Gasteiger partial charge is 0.487 e. The number of nitrogens with zero attached hydrogens (tertiary/aromatic N) is 1. The van der Waals surface area contributed by atoms with E-state index in [2.05, 4.69) is 15.7 Å². The van der Waals surface area contributed by atoms with Crippen LogP contribution in [-0.4, -0.2) is 57.1 Å². The van der Waals surface area contributed by atoms with Crippen LogP contribution < -0.4 is 14.4 Å². The summed E-state index contributed by atoms with van der Waals surface area (Å²) in [5.41, 5.74) is 3.31. The molecular formula is C34H45ClN2O6S. The molecule has 1 amide bonds. The molecule has 0 radical (unpaired) electrons. The molecule has 2 aromatic carbocycles. The predicted octanol–water partition coefficient (Wildman–Crippen LogP) is 5.90. The maximum atomic E-state index is 13.4. The Morgan fingerprint density at radius 2 is 1.95 bits per heavy atom. The normalized spacial score (nSPS) is 29.0. The lowest BCUT2D eigenvalue weighted by molar-refractivity contribution is 0.0132. The third-order valence-corrected chi connectivity index (χ3v) is 11.4. The van der Waals surface area contributed by atoms with Crippen molar-refractivity contribution in [1.29, 1.82) is 0 Å². The molecule has 0 saturated heterocycles. The summed E-state index contributed by atoms with van der Waals surface area (Å²) >= 11 is 6.32. The molecule has 2 heterocycles. The van der Waals surface area contributed by atoms with Crippen LogP contribution in [0.3, 0.4) is 0 Å². The van der Waals surface area contributed by atoms with Crippen LogP contribution >= 0.6 is 11.6 Å². The maximum Gasteiger partial charge on any atom is 0.264 e. The zero-order valence-corrected chi connectivity index (χ0v) is 27.4. The fraction of sp³-hybridized carbons (Fsp3) is 0.559. The van der Waals surface area contributed by atoms with Gasteiger partial charge >= 0.3 is 0 Å². The highest BCUT2D eigenvalue weighted by molar-refractivity contribution is 7.90. The first-order valence-electron chi connectivity index (χ1n) is 15.8. The van der Waals surface area contributed by atoms with Gasteiger partial charge in [0, 0.05) is 30.8 Å². The second-order valence-corrected chi connectivity index (χ2v) is 15.3. The average molecular weight is 645 g/mol. The quantitative estimate of drug-likeness (QED) is 0.401. The minimum Gasteiger partial charge on any atom is -0.487 e. The Morgan fingerprint density at radius 3 is 2.68 bits per heavy atom. The van der Waals surface area contributed by atoms with Crippen LogP contribution in [0.4, 0.5) is 5.69 Å². The van der Waals surface area contributed by atoms with E-state index in [1.165, 1.54) is 5.56 Å². The summed E-state index contributed by atoms with van der Waals surface area (Å²) in [5.74, 6) is 0.483. The van der Waals surface area contributed by atoms with Crippen molar-refractivity contribution >= 4 is 33.2 Å². The molecule has 0 spiro atoms. The van der Waals surface area contributed by atoms with Crippen molar-refractivity contribution in [2.75, 3.05) is 25.1 Å². The molecule has 6 atom stereocenters. The first-order chi connectivity index (χ1) is 21.0. The molecule has 0 aromatic heterocycles. The van der Waals surface area contributed by atoms with E-state index in [0.717, 1.165) is 56.4 Å². The monoisotopic (exact) mass is 644 g/mol. The van der Waals surface area contributed by atoms with E-state index in [0.29, 0.717) is 35.6 Å². The molecule has 240 valence electrons. The van der Waals surface area contributed by atoms with Crippen LogP contribution in [0.2, 0.25) is 5.02 Å². The number of fused-ring (bicyclic) bond motifs is 3. The molecule has 2 aliphatic heterocycles. The maximum absolute atomic E-state index is 13.4. The number of amides is 1. The van der Waals surface area contributed by atoms with Crippen molar-refractivity contribution in [3.63, 3.8) is 0 Å². The van der Waals surface area contributed by atoms with E-state index in [1.807, 2.05) is 24.3 Å². The van der Waals surface area contributed by atoms with E-state index in [4.69, 9.17) is 21.1 Å². The van der Waals surface area contributed by atoms with Crippen molar-refractivity contribution < 1.29 is 27.8 Å². The fourth-order valence-electron chi connectivity index (χ4n) is 6.81. The number of nitrogens with one attached hydrogen (secondary N) is 1. The van der Waals surface area contributed by atoms with Gasteiger partial charge < -0.3 is 19.5 Å². The van der Waals surface area contributed by atoms with Crippen molar-refractivity contribution in [2.24, 2.45) is 17.8 Å². The Kier molecular flexibility index (Phi) is 10.6. The van der Waals surface area contributed by atoms with Gasteiger partial charge in [-0.2, -0.15) is 0 Å². The lowest BCUT2D eigenvalue weighted by atomic mass is 9.70. The number of rotatable bonds is 3. The van der Waals surface area contributed by atoms with Gasteiger partial charge in [0.15, 0.2) is 0 Å². The molecule has 10 heteroatoms. The van der Waals surface area contributed by atoms with Gasteiger partial charge in [-0.05, 0) is 118 Å². The van der Waals surface area contributed by atoms with E-state index in [-0.39, 0.29) is 24.0 Å². The average Bonchev–Trinajstić information content (AvgIpc) is 2.99. The van der Waals surface area contributed by atoms with Gasteiger partial charge in [0.2, 0.25) is 10.0 Å². The highest BCUT2D eigenvalue weighted by atomic mass is 35.5. The van der Waals surface area contributed by atoms with E-state index in [9.17, 15) is 18.3 Å². The van der Waals surface area contributed by atoms with Crippen LogP contribution in [0, 0.1) is 17.8 Å². The number of carbonyl (C=O) groups excluding carboxylic acids is 1. The summed E-state index contributed by atoms with van der Waals surface area (Å²) in [7, 11) is -2.26. The Morgan fingerprint density at radius 1 is 1.14 bits per heavy atom. The third-order valence-electron chi connectivity index (χ3n) is 9.48. The molecule has 8 nitrogen and oxygen atoms in total. The SMILES string of the molecule is CO[C@H]1/C=C/[C@H](C[C@@H](C)O)C[C@@H](C)S(=O)(=O)NC(=O)c2ccc3c(c2)N(CCCCc2cc(Cl)ccc2CO3)C[C@@H]2CC[C@H]21. The molecule has 2 bridgehead atoms. The lowest BCUT2D eigenvalue weighted by Crippen LogP contribution is -2.44. The van der Waals surface area contributed by atoms with Crippen LogP contribution in [0.1, 0.15) is 73.9 Å². The number of hydrogen-bond donors (Lipinski definition) is 2. The fourth-order valence-corrected chi connectivity index (χ4v) is 8.09. The minimum atomic E-state index is -3.98. The lowest BCUT2D eigenvalue weighted by Gasteiger charge is -2.43. The van der Waals surface area contributed by atoms with Gasteiger partial charge in [0.1, 0.15) is 12.4 Å². The summed E-state index contributed by atoms with van der Waals surface area (Å²) in [6.07, 6.45) is 8.94. The van der Waals surface area contributed by atoms with Crippen molar-refractivity contribution in [3.05, 3.63) is 70.3 Å². The number of halogens is 1. The first kappa shape index (κ1) is 32.8. The zero-order valence-electron chi connectivity index (χ0n) is 25.9. The Bertz CT molecular complexity index is 1460. The highest BCUT2D eigenvalue weighted by Gasteiger charge is 2.38. The number of benzene rings is 2. The molecule has 1 fully saturated rings. The van der Waals surface area contributed by atoms with Crippen molar-refractivity contribution in [1.82, 2.24) is 4.72 Å². The summed E-state index contributed by atoms with van der Waals surface area (Å²) in [4.78, 5) is 15.7. The molecule has 2 aromatic rings. The highest BCUT2D eigenvalue weighted by Crippen LogP contribution is 2.42. The summed E-state index contributed by atoms with van der Waals surface area (Å²) in [5, 5.41) is 10.0. The summed E-state index contributed by atoms with van der Waals surface area (Å²) in [6.45, 7) is 5.21. The van der Waals surface area contributed by atoms with Crippen molar-refractivity contribution in [3.8, 4) is 5.75 Å². The zero-order chi connectivity index (χ0) is 31.4. The molecule has 44 heavy (non-hydrogen) atoms. The predicted molar refractivity (Wildman–Crippen MR) is 174 cm³/mol. The third kappa shape index (κ3) is 7.79. The van der Waals surface area contributed by atoms with Gasteiger partial charge in [0.25, 0.3) is 5.91 Å². The number of carbonyl (C=O) groups is 1. The topological polar surface area (TPSA) is 105 Å². The standard InChI is InChI=1S/C34H45ClN2O6S/c1-22(38)16-24-7-13-32(42-3)30-12-9-27(30)20-37-15-5-4-6-25-18-29(35)11-8-28(25)21-43-33-14-10-26(19-31(33)37)34(39)36-44(40,41)23(2)17-24/h7-8,10-11,13-14,18-19,22-24,27,30,32,38H,4-6,9,12,15-17,20-21H2,1-3H3,(H,36,39)/b13-7+/t22-,23-,24-,27+,30-,32+/m1/s1. The molecule has 2 N–H and O–H groups in total. The number of aliphatic hydroxyl groups is 1. The van der Waals surface area contributed by atoms with Crippen LogP contribution in [0.5, 0.6) is 5.75 Å². The van der Waals surface area contributed by atoms with Gasteiger partial charge in [0.05, 0.1) is 23.1 Å². The van der Waals surface area contributed by atoms with Gasteiger partial charge in [-0.15, -0.1) is 0 Å². The van der Waals surface area contributed by atoms with Gasteiger partial charge in [-0.1, -0.05) is 29.8 Å². The van der Waals surface area contributed by atoms with Gasteiger partial charge in [-0.3, -0.25) is 4.79 Å². The van der Waals surface area contributed by atoms with E-state index in [1.54, 1.807) is 39.2 Å². The summed E-state index contributed by atoms with van der Waals surface area (Å²) in [6, 6.07) is 11.1. The Hall–Kier alpha value is -2.59. The second kappa shape index (κ2) is 14.2. The second-order valence-electron chi connectivity index (χ2n) is 12.7. The van der Waals surface area contributed by atoms with Crippen LogP contribution in [-0.2, 0) is 27.8 Å².